The smallest absolute Gasteiger partial charge is 0.261 e. The Morgan fingerprint density at radius 3 is 2.44 bits per heavy atom. The molecule has 0 aliphatic carbocycles. The first kappa shape index (κ1) is 19.2. The number of anilines is 1. The van der Waals surface area contributed by atoms with Gasteiger partial charge in [0.1, 0.15) is 0 Å². The first-order valence-electron chi connectivity index (χ1n) is 8.69. The van der Waals surface area contributed by atoms with Crippen LogP contribution < -0.4 is 4.72 Å². The molecule has 1 amide bonds. The maximum atomic E-state index is 12.6. The molecule has 2 aromatic rings. The van der Waals surface area contributed by atoms with Crippen LogP contribution in [0.4, 0.5) is 5.69 Å². The molecule has 0 saturated carbocycles. The lowest BCUT2D eigenvalue weighted by Crippen LogP contribution is -2.50. The minimum atomic E-state index is -3.69. The summed E-state index contributed by atoms with van der Waals surface area (Å²) < 4.78 is 29.4. The molecule has 144 valence electrons. The lowest BCUT2D eigenvalue weighted by atomic mass is 9.87. The van der Waals surface area contributed by atoms with Gasteiger partial charge in [0, 0.05) is 19.3 Å². The number of sulfonamides is 1. The Hall–Kier alpha value is -2.61. The third-order valence-corrected chi connectivity index (χ3v) is 6.00. The largest absolute Gasteiger partial charge is 0.335 e. The first-order chi connectivity index (χ1) is 12.6. The molecule has 1 aliphatic heterocycles. The van der Waals surface area contributed by atoms with Crippen LogP contribution in [0.3, 0.4) is 0 Å². The molecule has 0 atom stereocenters. The van der Waals surface area contributed by atoms with E-state index in [2.05, 4.69) is 37.2 Å². The third kappa shape index (κ3) is 4.05. The van der Waals surface area contributed by atoms with E-state index in [0.29, 0.717) is 18.8 Å². The van der Waals surface area contributed by atoms with Crippen molar-refractivity contribution in [3.8, 4) is 0 Å². The van der Waals surface area contributed by atoms with Gasteiger partial charge in [-0.2, -0.15) is 5.10 Å². The first-order valence-corrected chi connectivity index (χ1v) is 10.2. The van der Waals surface area contributed by atoms with E-state index in [1.54, 1.807) is 27.9 Å². The molecule has 7 nitrogen and oxygen atoms in total. The van der Waals surface area contributed by atoms with E-state index in [1.165, 1.54) is 12.3 Å². The number of benzene rings is 1. The number of hydrogen-bond acceptors (Lipinski definition) is 4. The van der Waals surface area contributed by atoms with Gasteiger partial charge in [0.2, 0.25) is 5.91 Å². The van der Waals surface area contributed by atoms with Crippen molar-refractivity contribution in [3.05, 3.63) is 54.9 Å². The molecule has 2 heterocycles. The van der Waals surface area contributed by atoms with Crippen LogP contribution in [0.5, 0.6) is 0 Å². The lowest BCUT2D eigenvalue weighted by Gasteiger charge is -2.38. The van der Waals surface area contributed by atoms with Gasteiger partial charge in [-0.25, -0.2) is 8.42 Å². The van der Waals surface area contributed by atoms with E-state index in [1.807, 2.05) is 12.1 Å². The molecule has 8 heteroatoms. The maximum Gasteiger partial charge on any atom is 0.261 e. The highest BCUT2D eigenvalue weighted by atomic mass is 32.2. The van der Waals surface area contributed by atoms with Gasteiger partial charge in [-0.15, -0.1) is 0 Å². The van der Waals surface area contributed by atoms with Crippen LogP contribution in [0, 0.1) is 0 Å². The number of carbonyl (C=O) groups excluding carboxylic acids is 1. The summed E-state index contributed by atoms with van der Waals surface area (Å²) in [5, 5.41) is 4.21. The second-order valence-corrected chi connectivity index (χ2v) is 9.37. The number of likely N-dealkylation sites (tertiary alicyclic amines) is 1. The Kier molecular flexibility index (Phi) is 4.86. The Morgan fingerprint density at radius 1 is 1.26 bits per heavy atom. The second-order valence-electron chi connectivity index (χ2n) is 7.69. The fraction of sp³-hybridized carbons (Fsp3) is 0.368. The minimum Gasteiger partial charge on any atom is -0.335 e. The number of nitrogens with zero attached hydrogens (tertiary/aromatic N) is 3. The summed E-state index contributed by atoms with van der Waals surface area (Å²) in [6, 6.07) is 6.92. The molecular formula is C19H24N4O3S. The number of carbonyl (C=O) groups is 1. The number of aromatic nitrogens is 2. The van der Waals surface area contributed by atoms with Crippen LogP contribution >= 0.6 is 0 Å². The van der Waals surface area contributed by atoms with Crippen molar-refractivity contribution in [2.75, 3.05) is 17.8 Å². The predicted octanol–water partition coefficient (Wildman–Crippen LogP) is 2.55. The Morgan fingerprint density at radius 2 is 1.89 bits per heavy atom. The average Bonchev–Trinajstić information content (AvgIpc) is 2.99. The van der Waals surface area contributed by atoms with E-state index >= 15 is 0 Å². The van der Waals surface area contributed by atoms with Gasteiger partial charge in [-0.05, 0) is 29.2 Å². The summed E-state index contributed by atoms with van der Waals surface area (Å²) in [6.07, 6.45) is 4.39. The van der Waals surface area contributed by atoms with Gasteiger partial charge < -0.3 is 4.90 Å². The molecule has 1 fully saturated rings. The van der Waals surface area contributed by atoms with Crippen molar-refractivity contribution in [1.29, 1.82) is 0 Å². The monoisotopic (exact) mass is 388 g/mol. The highest BCUT2D eigenvalue weighted by Gasteiger charge is 2.31. The molecule has 0 spiro atoms. The van der Waals surface area contributed by atoms with E-state index in [9.17, 15) is 13.2 Å². The molecule has 1 N–H and O–H groups in total. The summed E-state index contributed by atoms with van der Waals surface area (Å²) in [5.41, 5.74) is 1.42. The van der Waals surface area contributed by atoms with E-state index in [0.717, 1.165) is 5.56 Å². The number of nitrogens with one attached hydrogen (secondary N) is 1. The third-order valence-electron chi connectivity index (χ3n) is 4.61. The van der Waals surface area contributed by atoms with Crippen LogP contribution in [-0.4, -0.2) is 42.1 Å². The van der Waals surface area contributed by atoms with E-state index in [-0.39, 0.29) is 22.3 Å². The van der Waals surface area contributed by atoms with Crippen LogP contribution in [0.1, 0.15) is 32.4 Å². The van der Waals surface area contributed by atoms with Crippen LogP contribution in [0.15, 0.2) is 54.2 Å². The maximum absolute atomic E-state index is 12.6. The van der Waals surface area contributed by atoms with Crippen LogP contribution in [-0.2, 0) is 20.2 Å². The van der Waals surface area contributed by atoms with Gasteiger partial charge in [0.25, 0.3) is 10.0 Å². The Labute approximate surface area is 159 Å². The lowest BCUT2D eigenvalue weighted by molar-refractivity contribution is -0.131. The van der Waals surface area contributed by atoms with Gasteiger partial charge in [-0.1, -0.05) is 39.5 Å². The Balaban J connectivity index is 1.68. The molecule has 0 unspecified atom stereocenters. The highest BCUT2D eigenvalue weighted by molar-refractivity contribution is 7.92. The van der Waals surface area contributed by atoms with Crippen molar-refractivity contribution >= 4 is 21.6 Å². The number of hydrogen-bond donors (Lipinski definition) is 1. The fourth-order valence-electron chi connectivity index (χ4n) is 2.87. The average molecular weight is 388 g/mol. The summed E-state index contributed by atoms with van der Waals surface area (Å²) in [6.45, 7) is 10.8. The summed E-state index contributed by atoms with van der Waals surface area (Å²) in [5.74, 6) is -0.113. The zero-order valence-corrected chi connectivity index (χ0v) is 16.5. The quantitative estimate of drug-likeness (QED) is 0.798. The van der Waals surface area contributed by atoms with E-state index in [4.69, 9.17) is 0 Å². The molecule has 0 bridgehead atoms. The number of rotatable bonds is 5. The SMILES string of the molecule is C=CC(=O)N1CC(n2cc(NS(=O)(=O)c3ccc(C(C)(C)C)cc3)cn2)C1. The Bertz CT molecular complexity index is 950. The zero-order chi connectivity index (χ0) is 19.8. The van der Waals surface area contributed by atoms with Gasteiger partial charge in [0.05, 0.1) is 22.8 Å². The van der Waals surface area contributed by atoms with Crippen LogP contribution in [0.25, 0.3) is 0 Å². The van der Waals surface area contributed by atoms with Gasteiger partial charge in [-0.3, -0.25) is 14.2 Å². The standard InChI is InChI=1S/C19H24N4O3S/c1-5-18(24)22-12-16(13-22)23-11-15(10-20-23)21-27(25,26)17-8-6-14(7-9-17)19(2,3)4/h5-11,16,21H,1,12-13H2,2-4H3. The van der Waals surface area contributed by atoms with Crippen molar-refractivity contribution in [2.45, 2.75) is 37.1 Å². The van der Waals surface area contributed by atoms with Crippen molar-refractivity contribution in [1.82, 2.24) is 14.7 Å². The molecule has 1 aliphatic rings. The molecule has 1 saturated heterocycles. The normalized spacial score (nSPS) is 15.3. The molecule has 1 aromatic heterocycles. The molecular weight excluding hydrogens is 364 g/mol. The van der Waals surface area contributed by atoms with Crippen molar-refractivity contribution < 1.29 is 13.2 Å². The summed E-state index contributed by atoms with van der Waals surface area (Å²) in [7, 11) is -3.69. The zero-order valence-electron chi connectivity index (χ0n) is 15.7. The van der Waals surface area contributed by atoms with Gasteiger partial charge in [0.15, 0.2) is 0 Å². The molecule has 1 aromatic carbocycles. The summed E-state index contributed by atoms with van der Waals surface area (Å²) >= 11 is 0. The predicted molar refractivity (Wildman–Crippen MR) is 104 cm³/mol. The van der Waals surface area contributed by atoms with Crippen molar-refractivity contribution in [3.63, 3.8) is 0 Å². The molecule has 27 heavy (non-hydrogen) atoms. The summed E-state index contributed by atoms with van der Waals surface area (Å²) in [4.78, 5) is 13.3. The minimum absolute atomic E-state index is 0.0400. The number of amides is 1. The molecule has 3 rings (SSSR count). The van der Waals surface area contributed by atoms with Crippen molar-refractivity contribution in [2.24, 2.45) is 0 Å². The highest BCUT2D eigenvalue weighted by Crippen LogP contribution is 2.25. The fourth-order valence-corrected chi connectivity index (χ4v) is 3.90. The van der Waals surface area contributed by atoms with Crippen LogP contribution in [0.2, 0.25) is 0 Å². The van der Waals surface area contributed by atoms with Gasteiger partial charge >= 0.3 is 0 Å². The molecule has 0 radical (unpaired) electrons. The second kappa shape index (κ2) is 6.84. The topological polar surface area (TPSA) is 84.3 Å². The van der Waals surface area contributed by atoms with E-state index < -0.39 is 10.0 Å².